The van der Waals surface area contributed by atoms with Crippen molar-refractivity contribution in [2.75, 3.05) is 12.5 Å². The molecule has 0 saturated carbocycles. The van der Waals surface area contributed by atoms with Gasteiger partial charge >= 0.3 is 0 Å². The predicted molar refractivity (Wildman–Crippen MR) is 105 cm³/mol. The Morgan fingerprint density at radius 3 is 2.58 bits per heavy atom. The highest BCUT2D eigenvalue weighted by molar-refractivity contribution is 6.42. The van der Waals surface area contributed by atoms with Crippen LogP contribution in [0.25, 0.3) is 11.3 Å². The molecule has 0 saturated heterocycles. The van der Waals surface area contributed by atoms with Crippen LogP contribution in [0.2, 0.25) is 10.0 Å². The number of nitrogens with zero attached hydrogens (tertiary/aromatic N) is 2. The lowest BCUT2D eigenvalue weighted by Gasteiger charge is -2.05. The highest BCUT2D eigenvalue weighted by Crippen LogP contribution is 2.22. The van der Waals surface area contributed by atoms with Gasteiger partial charge in [-0.3, -0.25) is 9.78 Å². The highest BCUT2D eigenvalue weighted by Gasteiger charge is 2.04. The number of anilines is 1. The first-order valence-corrected chi connectivity index (χ1v) is 8.30. The van der Waals surface area contributed by atoms with E-state index in [1.54, 1.807) is 43.7 Å². The van der Waals surface area contributed by atoms with Crippen LogP contribution in [-0.2, 0) is 0 Å². The second kappa shape index (κ2) is 8.03. The van der Waals surface area contributed by atoms with Crippen LogP contribution in [0, 0.1) is 0 Å². The molecule has 0 aliphatic heterocycles. The summed E-state index contributed by atoms with van der Waals surface area (Å²) < 4.78 is 5.13. The van der Waals surface area contributed by atoms with Crippen molar-refractivity contribution in [2.24, 2.45) is 5.10 Å². The molecule has 2 aromatic carbocycles. The van der Waals surface area contributed by atoms with Crippen LogP contribution in [0.1, 0.15) is 5.56 Å². The SMILES string of the molecule is COc1ccc(-c2cc(=O)[nH]c(N/N=C\c3ccc(Cl)c(Cl)c3)n2)cc1. The molecule has 3 rings (SSSR count). The van der Waals surface area contributed by atoms with E-state index in [1.807, 2.05) is 12.1 Å². The number of aromatic amines is 1. The third-order valence-electron chi connectivity index (χ3n) is 3.46. The molecule has 2 N–H and O–H groups in total. The Labute approximate surface area is 159 Å². The van der Waals surface area contributed by atoms with Crippen molar-refractivity contribution in [3.63, 3.8) is 0 Å². The first kappa shape index (κ1) is 18.0. The van der Waals surface area contributed by atoms with Gasteiger partial charge in [0.15, 0.2) is 0 Å². The van der Waals surface area contributed by atoms with Crippen molar-refractivity contribution < 1.29 is 4.74 Å². The Balaban J connectivity index is 1.79. The van der Waals surface area contributed by atoms with E-state index in [1.165, 1.54) is 6.07 Å². The maximum absolute atomic E-state index is 11.9. The Morgan fingerprint density at radius 2 is 1.88 bits per heavy atom. The zero-order valence-electron chi connectivity index (χ0n) is 13.7. The first-order valence-electron chi connectivity index (χ1n) is 7.55. The molecule has 0 aliphatic carbocycles. The Morgan fingerprint density at radius 1 is 1.12 bits per heavy atom. The molecule has 1 aromatic heterocycles. The van der Waals surface area contributed by atoms with Gasteiger partial charge in [0.1, 0.15) is 5.75 Å². The van der Waals surface area contributed by atoms with Gasteiger partial charge in [0.05, 0.1) is 29.1 Å². The number of hydrazone groups is 1. The lowest BCUT2D eigenvalue weighted by atomic mass is 10.1. The summed E-state index contributed by atoms with van der Waals surface area (Å²) in [6, 6.07) is 13.8. The normalized spacial score (nSPS) is 10.9. The molecule has 8 heteroatoms. The Hall–Kier alpha value is -2.83. The summed E-state index contributed by atoms with van der Waals surface area (Å²) in [6.07, 6.45) is 1.54. The Bertz CT molecular complexity index is 1000. The van der Waals surface area contributed by atoms with E-state index >= 15 is 0 Å². The number of ether oxygens (including phenoxy) is 1. The fourth-order valence-electron chi connectivity index (χ4n) is 2.18. The number of methoxy groups -OCH3 is 1. The molecular weight excluding hydrogens is 375 g/mol. The summed E-state index contributed by atoms with van der Waals surface area (Å²) in [5, 5.41) is 4.96. The maximum atomic E-state index is 11.9. The van der Waals surface area contributed by atoms with Gasteiger partial charge in [0, 0.05) is 11.6 Å². The summed E-state index contributed by atoms with van der Waals surface area (Å²) in [5.74, 6) is 0.947. The lowest BCUT2D eigenvalue weighted by molar-refractivity contribution is 0.415. The standard InChI is InChI=1S/C18H14Cl2N4O2/c1-26-13-5-3-12(4-6-13)16-9-17(25)23-18(22-16)24-21-10-11-2-7-14(19)15(20)8-11/h2-10H,1H3,(H2,22,23,24,25)/b21-10-. The number of hydrogen-bond donors (Lipinski definition) is 2. The molecule has 3 aromatic rings. The van der Waals surface area contributed by atoms with Crippen molar-refractivity contribution in [3.05, 3.63) is 74.5 Å². The molecule has 0 fully saturated rings. The zero-order valence-corrected chi connectivity index (χ0v) is 15.2. The minimum Gasteiger partial charge on any atom is -0.497 e. The average molecular weight is 389 g/mol. The van der Waals surface area contributed by atoms with Gasteiger partial charge in [-0.25, -0.2) is 10.4 Å². The van der Waals surface area contributed by atoms with Crippen molar-refractivity contribution in [1.82, 2.24) is 9.97 Å². The number of rotatable bonds is 5. The number of aromatic nitrogens is 2. The fourth-order valence-corrected chi connectivity index (χ4v) is 2.49. The number of benzene rings is 2. The minimum absolute atomic E-state index is 0.222. The summed E-state index contributed by atoms with van der Waals surface area (Å²) in [7, 11) is 1.59. The zero-order chi connectivity index (χ0) is 18.5. The highest BCUT2D eigenvalue weighted by atomic mass is 35.5. The monoisotopic (exact) mass is 388 g/mol. The van der Waals surface area contributed by atoms with Crippen LogP contribution in [0.5, 0.6) is 5.75 Å². The summed E-state index contributed by atoms with van der Waals surface area (Å²) in [5.41, 5.74) is 4.46. The number of hydrogen-bond acceptors (Lipinski definition) is 5. The van der Waals surface area contributed by atoms with Crippen molar-refractivity contribution in [2.45, 2.75) is 0 Å². The van der Waals surface area contributed by atoms with Gasteiger partial charge in [0.25, 0.3) is 5.56 Å². The smallest absolute Gasteiger partial charge is 0.252 e. The van der Waals surface area contributed by atoms with E-state index in [4.69, 9.17) is 27.9 Å². The van der Waals surface area contributed by atoms with Gasteiger partial charge < -0.3 is 4.74 Å². The maximum Gasteiger partial charge on any atom is 0.252 e. The number of nitrogens with one attached hydrogen (secondary N) is 2. The molecule has 0 radical (unpaired) electrons. The largest absolute Gasteiger partial charge is 0.497 e. The molecule has 26 heavy (non-hydrogen) atoms. The van der Waals surface area contributed by atoms with Crippen LogP contribution < -0.4 is 15.7 Å². The second-order valence-corrected chi connectivity index (χ2v) is 6.07. The number of halogens is 2. The van der Waals surface area contributed by atoms with Crippen LogP contribution >= 0.6 is 23.2 Å². The van der Waals surface area contributed by atoms with Crippen LogP contribution in [0.3, 0.4) is 0 Å². The molecule has 132 valence electrons. The molecule has 0 aliphatic rings. The van der Waals surface area contributed by atoms with Crippen LogP contribution in [0.4, 0.5) is 5.95 Å². The first-order chi connectivity index (χ1) is 12.5. The molecular formula is C18H14Cl2N4O2. The van der Waals surface area contributed by atoms with Gasteiger partial charge in [-0.1, -0.05) is 29.3 Å². The molecule has 0 amide bonds. The van der Waals surface area contributed by atoms with Crippen molar-refractivity contribution in [3.8, 4) is 17.0 Å². The van der Waals surface area contributed by atoms with Crippen LogP contribution in [-0.4, -0.2) is 23.3 Å². The number of H-pyrrole nitrogens is 1. The third-order valence-corrected chi connectivity index (χ3v) is 4.19. The van der Waals surface area contributed by atoms with Crippen molar-refractivity contribution >= 4 is 35.4 Å². The summed E-state index contributed by atoms with van der Waals surface area (Å²) >= 11 is 11.8. The molecule has 6 nitrogen and oxygen atoms in total. The third kappa shape index (κ3) is 4.41. The summed E-state index contributed by atoms with van der Waals surface area (Å²) in [4.78, 5) is 18.8. The Kier molecular flexibility index (Phi) is 5.55. The fraction of sp³-hybridized carbons (Fsp3) is 0.0556. The van der Waals surface area contributed by atoms with Gasteiger partial charge in [-0.05, 0) is 42.0 Å². The van der Waals surface area contributed by atoms with E-state index in [9.17, 15) is 4.79 Å². The van der Waals surface area contributed by atoms with E-state index in [-0.39, 0.29) is 11.5 Å². The van der Waals surface area contributed by atoms with E-state index < -0.39 is 0 Å². The molecule has 0 bridgehead atoms. The second-order valence-electron chi connectivity index (χ2n) is 5.25. The molecule has 1 heterocycles. The van der Waals surface area contributed by atoms with Gasteiger partial charge in [-0.2, -0.15) is 5.10 Å². The molecule has 0 unspecified atom stereocenters. The molecule has 0 spiro atoms. The van der Waals surface area contributed by atoms with Gasteiger partial charge in [-0.15, -0.1) is 0 Å². The predicted octanol–water partition coefficient (Wildman–Crippen LogP) is 4.20. The van der Waals surface area contributed by atoms with Crippen LogP contribution in [0.15, 0.2) is 58.4 Å². The molecule has 0 atom stereocenters. The lowest BCUT2D eigenvalue weighted by Crippen LogP contribution is -2.10. The van der Waals surface area contributed by atoms with Crippen molar-refractivity contribution in [1.29, 1.82) is 0 Å². The quantitative estimate of drug-likeness (QED) is 0.507. The van der Waals surface area contributed by atoms with Gasteiger partial charge in [0.2, 0.25) is 5.95 Å². The topological polar surface area (TPSA) is 79.4 Å². The minimum atomic E-state index is -0.293. The van der Waals surface area contributed by atoms with E-state index in [2.05, 4.69) is 20.5 Å². The van der Waals surface area contributed by atoms with E-state index in [0.717, 1.165) is 16.9 Å². The summed E-state index contributed by atoms with van der Waals surface area (Å²) in [6.45, 7) is 0. The average Bonchev–Trinajstić information content (AvgIpc) is 2.64. The van der Waals surface area contributed by atoms with E-state index in [0.29, 0.717) is 15.7 Å².